The number of amides is 1. The van der Waals surface area contributed by atoms with Crippen molar-refractivity contribution < 1.29 is 47.1 Å². The third-order valence-electron chi connectivity index (χ3n) is 0.433. The summed E-state index contributed by atoms with van der Waals surface area (Å²) in [4.78, 5) is 10.1. The third-order valence-corrected chi connectivity index (χ3v) is 0.800. The molecule has 0 aromatic carbocycles. The molecule has 51 valence electrons. The molecule has 6 heteroatoms. The van der Waals surface area contributed by atoms with Crippen molar-refractivity contribution in [2.45, 2.75) is 6.92 Å². The standard InChI is InChI=1S/C3H7NO3S.Y/c1-3(5)4-2-8-7-6;/h6H,2H2,1H3,(H,4,5);. The SMILES string of the molecule is CC(=O)NCSOO.[Y]. The average Bonchev–Trinajstić information content (AvgIpc) is 1.66. The summed E-state index contributed by atoms with van der Waals surface area (Å²) < 4.78 is 3.59. The second kappa shape index (κ2) is 8.84. The molecule has 2 N–H and O–H groups in total. The van der Waals surface area contributed by atoms with Gasteiger partial charge in [0.1, 0.15) is 0 Å². The van der Waals surface area contributed by atoms with Crippen LogP contribution >= 0.6 is 12.0 Å². The molecule has 0 aliphatic carbocycles. The van der Waals surface area contributed by atoms with Crippen molar-refractivity contribution in [1.29, 1.82) is 0 Å². The van der Waals surface area contributed by atoms with Crippen LogP contribution in [0, 0.1) is 0 Å². The van der Waals surface area contributed by atoms with E-state index in [1.165, 1.54) is 6.92 Å². The largest absolute Gasteiger partial charge is 0.345 e. The van der Waals surface area contributed by atoms with E-state index < -0.39 is 0 Å². The van der Waals surface area contributed by atoms with Crippen LogP contribution in [0.15, 0.2) is 0 Å². The van der Waals surface area contributed by atoms with Crippen molar-refractivity contribution in [3.05, 3.63) is 0 Å². The first-order valence-electron chi connectivity index (χ1n) is 1.95. The van der Waals surface area contributed by atoms with E-state index in [0.29, 0.717) is 0 Å². The molecule has 0 atom stereocenters. The van der Waals surface area contributed by atoms with Crippen LogP contribution in [0.3, 0.4) is 0 Å². The van der Waals surface area contributed by atoms with E-state index >= 15 is 0 Å². The molecule has 0 aromatic heterocycles. The van der Waals surface area contributed by atoms with Gasteiger partial charge in [-0.05, 0) is 0 Å². The summed E-state index contributed by atoms with van der Waals surface area (Å²) in [5.74, 6) is 0.126. The molecule has 0 saturated heterocycles. The Morgan fingerprint density at radius 2 is 2.44 bits per heavy atom. The summed E-state index contributed by atoms with van der Waals surface area (Å²) in [6.07, 6.45) is 0. The minimum Gasteiger partial charge on any atom is -0.345 e. The maximum absolute atomic E-state index is 10.1. The Balaban J connectivity index is 0. The van der Waals surface area contributed by atoms with Crippen molar-refractivity contribution in [3.63, 3.8) is 0 Å². The van der Waals surface area contributed by atoms with Crippen molar-refractivity contribution in [3.8, 4) is 0 Å². The Labute approximate surface area is 82.7 Å². The molecule has 0 fully saturated rings. The summed E-state index contributed by atoms with van der Waals surface area (Å²) in [5, 5.41) is 10.1. The molecule has 1 radical (unpaired) electrons. The summed E-state index contributed by atoms with van der Waals surface area (Å²) in [6.45, 7) is 1.39. The fraction of sp³-hybridized carbons (Fsp3) is 0.667. The van der Waals surface area contributed by atoms with E-state index in [1.807, 2.05) is 0 Å². The molecule has 0 saturated carbocycles. The van der Waals surface area contributed by atoms with Gasteiger partial charge in [-0.15, -0.1) is 0 Å². The monoisotopic (exact) mass is 226 g/mol. The fourth-order valence-corrected chi connectivity index (χ4v) is 0.472. The molecule has 0 unspecified atom stereocenters. The van der Waals surface area contributed by atoms with Gasteiger partial charge in [0.25, 0.3) is 0 Å². The minimum atomic E-state index is -0.144. The molecular formula is C3H7NO3SY. The van der Waals surface area contributed by atoms with E-state index in [-0.39, 0.29) is 44.5 Å². The maximum atomic E-state index is 10.1. The van der Waals surface area contributed by atoms with Gasteiger partial charge in [-0.1, -0.05) is 0 Å². The van der Waals surface area contributed by atoms with Gasteiger partial charge in [0.15, 0.2) is 0 Å². The van der Waals surface area contributed by atoms with Crippen LogP contribution in [-0.2, 0) is 41.8 Å². The van der Waals surface area contributed by atoms with Crippen LogP contribution in [0.25, 0.3) is 0 Å². The molecule has 0 rings (SSSR count). The van der Waals surface area contributed by atoms with Crippen LogP contribution in [0.2, 0.25) is 0 Å². The van der Waals surface area contributed by atoms with Crippen molar-refractivity contribution in [1.82, 2.24) is 5.32 Å². The molecule has 0 spiro atoms. The molecule has 9 heavy (non-hydrogen) atoms. The second-order valence-electron chi connectivity index (χ2n) is 1.07. The van der Waals surface area contributed by atoms with Gasteiger partial charge < -0.3 is 5.32 Å². The zero-order chi connectivity index (χ0) is 6.41. The Morgan fingerprint density at radius 1 is 1.89 bits per heavy atom. The number of hydrogen-bond acceptors (Lipinski definition) is 4. The smallest absolute Gasteiger partial charge is 0.217 e. The van der Waals surface area contributed by atoms with E-state index in [4.69, 9.17) is 5.26 Å². The molecule has 0 bridgehead atoms. The van der Waals surface area contributed by atoms with Crippen LogP contribution < -0.4 is 5.32 Å². The zero-order valence-corrected chi connectivity index (χ0v) is 8.61. The molecule has 4 nitrogen and oxygen atoms in total. The van der Waals surface area contributed by atoms with E-state index in [9.17, 15) is 4.79 Å². The number of carbonyl (C=O) groups is 1. The normalized spacial score (nSPS) is 7.78. The van der Waals surface area contributed by atoms with Crippen LogP contribution in [-0.4, -0.2) is 17.0 Å². The molecule has 0 aromatic rings. The summed E-state index contributed by atoms with van der Waals surface area (Å²) >= 11 is 0.760. The van der Waals surface area contributed by atoms with Crippen LogP contribution in [0.4, 0.5) is 0 Å². The molecule has 1 amide bonds. The van der Waals surface area contributed by atoms with Crippen molar-refractivity contribution >= 4 is 17.9 Å². The van der Waals surface area contributed by atoms with Gasteiger partial charge in [-0.3, -0.25) is 4.79 Å². The first kappa shape index (κ1) is 12.5. The molecular weight excluding hydrogens is 219 g/mol. The van der Waals surface area contributed by atoms with Gasteiger partial charge in [-0.25, -0.2) is 5.26 Å². The van der Waals surface area contributed by atoms with Gasteiger partial charge >= 0.3 is 0 Å². The summed E-state index contributed by atoms with van der Waals surface area (Å²) in [5.41, 5.74) is 0. The van der Waals surface area contributed by atoms with E-state index in [1.54, 1.807) is 0 Å². The first-order valence-corrected chi connectivity index (χ1v) is 2.86. The van der Waals surface area contributed by atoms with Gasteiger partial charge in [0.05, 0.1) is 17.9 Å². The molecule has 0 heterocycles. The Kier molecular flexibility index (Phi) is 12.3. The summed E-state index contributed by atoms with van der Waals surface area (Å²) in [6, 6.07) is 0. The topological polar surface area (TPSA) is 58.6 Å². The van der Waals surface area contributed by atoms with E-state index in [0.717, 1.165) is 12.0 Å². The molecule has 0 aliphatic rings. The predicted octanol–water partition coefficient (Wildman–Crippen LogP) is 0.215. The Bertz CT molecular complexity index is 81.5. The fourth-order valence-electron chi connectivity index (χ4n) is 0.157. The van der Waals surface area contributed by atoms with Crippen LogP contribution in [0.5, 0.6) is 0 Å². The minimum absolute atomic E-state index is 0. The quantitative estimate of drug-likeness (QED) is 0.237. The Hall–Kier alpha value is 0.844. The third kappa shape index (κ3) is 12.1. The number of hydrogen-bond donors (Lipinski definition) is 2. The number of carbonyl (C=O) groups excluding carboxylic acids is 1. The van der Waals surface area contributed by atoms with Gasteiger partial charge in [0.2, 0.25) is 5.91 Å². The van der Waals surface area contributed by atoms with Crippen molar-refractivity contribution in [2.24, 2.45) is 0 Å². The van der Waals surface area contributed by atoms with Gasteiger partial charge in [-0.2, -0.15) is 4.33 Å². The van der Waals surface area contributed by atoms with E-state index in [2.05, 4.69) is 9.65 Å². The maximum Gasteiger partial charge on any atom is 0.217 e. The summed E-state index contributed by atoms with van der Waals surface area (Å²) in [7, 11) is 0. The molecule has 0 aliphatic heterocycles. The first-order chi connectivity index (χ1) is 3.77. The van der Waals surface area contributed by atoms with Crippen molar-refractivity contribution in [2.75, 3.05) is 5.88 Å². The number of rotatable bonds is 3. The van der Waals surface area contributed by atoms with Crippen LogP contribution in [0.1, 0.15) is 6.92 Å². The van der Waals surface area contributed by atoms with Gasteiger partial charge in [0, 0.05) is 39.6 Å². The Morgan fingerprint density at radius 3 is 2.78 bits per heavy atom. The zero-order valence-electron chi connectivity index (χ0n) is 4.96. The second-order valence-corrected chi connectivity index (χ2v) is 1.74. The predicted molar refractivity (Wildman–Crippen MR) is 30.0 cm³/mol. The number of nitrogens with one attached hydrogen (secondary N) is 1. The average molecular weight is 226 g/mol.